The molecular formula is C18H18F3NO4. The van der Waals surface area contributed by atoms with E-state index in [1.165, 1.54) is 43.4 Å². The molecule has 8 heteroatoms. The first kappa shape index (κ1) is 19.4. The first-order chi connectivity index (χ1) is 12.2. The summed E-state index contributed by atoms with van der Waals surface area (Å²) >= 11 is 0. The van der Waals surface area contributed by atoms with E-state index in [9.17, 15) is 18.0 Å². The van der Waals surface area contributed by atoms with Crippen molar-refractivity contribution in [2.45, 2.75) is 12.9 Å². The molecule has 0 saturated heterocycles. The zero-order chi connectivity index (χ0) is 19.3. The molecule has 140 valence electrons. The Kier molecular flexibility index (Phi) is 5.97. The molecule has 1 amide bonds. The van der Waals surface area contributed by atoms with Gasteiger partial charge in [-0.25, -0.2) is 0 Å². The van der Waals surface area contributed by atoms with Gasteiger partial charge in [-0.2, -0.15) is 0 Å². The monoisotopic (exact) mass is 369 g/mol. The highest BCUT2D eigenvalue weighted by Crippen LogP contribution is 2.25. The quantitative estimate of drug-likeness (QED) is 0.776. The van der Waals surface area contributed by atoms with Gasteiger partial charge in [-0.15, -0.1) is 13.2 Å². The highest BCUT2D eigenvalue weighted by atomic mass is 19.4. The van der Waals surface area contributed by atoms with Gasteiger partial charge in [0.1, 0.15) is 17.2 Å². The van der Waals surface area contributed by atoms with Gasteiger partial charge in [0.15, 0.2) is 0 Å². The van der Waals surface area contributed by atoms with Gasteiger partial charge in [-0.3, -0.25) is 4.79 Å². The molecule has 2 aromatic rings. The third-order valence-corrected chi connectivity index (χ3v) is 3.52. The van der Waals surface area contributed by atoms with Gasteiger partial charge in [-0.1, -0.05) is 12.1 Å². The average molecular weight is 369 g/mol. The van der Waals surface area contributed by atoms with E-state index in [2.05, 4.69) is 4.74 Å². The van der Waals surface area contributed by atoms with Crippen LogP contribution in [0.25, 0.3) is 0 Å². The van der Waals surface area contributed by atoms with Crippen molar-refractivity contribution in [3.05, 3.63) is 53.6 Å². The maximum atomic E-state index is 12.6. The van der Waals surface area contributed by atoms with E-state index in [0.29, 0.717) is 22.6 Å². The van der Waals surface area contributed by atoms with Crippen LogP contribution in [0.2, 0.25) is 0 Å². The first-order valence-corrected chi connectivity index (χ1v) is 7.55. The summed E-state index contributed by atoms with van der Waals surface area (Å²) in [4.78, 5) is 14.0. The van der Waals surface area contributed by atoms with Crippen molar-refractivity contribution in [3.8, 4) is 17.2 Å². The lowest BCUT2D eigenvalue weighted by atomic mass is 10.1. The largest absolute Gasteiger partial charge is 0.573 e. The number of hydrogen-bond acceptors (Lipinski definition) is 4. The highest BCUT2D eigenvalue weighted by molar-refractivity contribution is 5.94. The average Bonchev–Trinajstić information content (AvgIpc) is 2.60. The van der Waals surface area contributed by atoms with E-state index in [4.69, 9.17) is 9.47 Å². The number of alkyl halides is 3. The van der Waals surface area contributed by atoms with E-state index in [-0.39, 0.29) is 18.2 Å². The van der Waals surface area contributed by atoms with Gasteiger partial charge in [0, 0.05) is 25.2 Å². The van der Waals surface area contributed by atoms with E-state index in [1.54, 1.807) is 25.2 Å². The van der Waals surface area contributed by atoms with Crippen molar-refractivity contribution in [2.75, 3.05) is 21.3 Å². The molecule has 2 rings (SSSR count). The van der Waals surface area contributed by atoms with Crippen molar-refractivity contribution >= 4 is 5.91 Å². The van der Waals surface area contributed by atoms with Gasteiger partial charge in [0.25, 0.3) is 5.91 Å². The van der Waals surface area contributed by atoms with Crippen molar-refractivity contribution in [1.82, 2.24) is 4.90 Å². The third-order valence-electron chi connectivity index (χ3n) is 3.52. The molecule has 0 atom stereocenters. The van der Waals surface area contributed by atoms with Gasteiger partial charge >= 0.3 is 6.36 Å². The Hall–Kier alpha value is -2.90. The predicted molar refractivity (Wildman–Crippen MR) is 88.5 cm³/mol. The molecule has 0 aliphatic carbocycles. The highest BCUT2D eigenvalue weighted by Gasteiger charge is 2.31. The Bertz CT molecular complexity index is 738. The summed E-state index contributed by atoms with van der Waals surface area (Å²) in [6.45, 7) is 0.213. The van der Waals surface area contributed by atoms with Crippen LogP contribution in [0.5, 0.6) is 17.2 Å². The number of rotatable bonds is 6. The predicted octanol–water partition coefficient (Wildman–Crippen LogP) is 3.87. The Morgan fingerprint density at radius 1 is 0.962 bits per heavy atom. The summed E-state index contributed by atoms with van der Waals surface area (Å²) in [5.74, 6) is 0.370. The third kappa shape index (κ3) is 5.30. The molecule has 0 bridgehead atoms. The van der Waals surface area contributed by atoms with E-state index < -0.39 is 6.36 Å². The van der Waals surface area contributed by atoms with Crippen LogP contribution in [0.3, 0.4) is 0 Å². The Balaban J connectivity index is 2.09. The molecule has 0 radical (unpaired) electrons. The molecule has 0 N–H and O–H groups in total. The van der Waals surface area contributed by atoms with Crippen LogP contribution in [0.4, 0.5) is 13.2 Å². The Morgan fingerprint density at radius 3 is 1.96 bits per heavy atom. The molecule has 2 aromatic carbocycles. The summed E-state index contributed by atoms with van der Waals surface area (Å²) in [6, 6.07) is 10.2. The van der Waals surface area contributed by atoms with Crippen LogP contribution in [0, 0.1) is 0 Å². The molecule has 0 aliphatic rings. The molecule has 0 saturated carbocycles. The number of nitrogens with zero attached hydrogens (tertiary/aromatic N) is 1. The van der Waals surface area contributed by atoms with E-state index in [0.717, 1.165) is 0 Å². The van der Waals surface area contributed by atoms with E-state index >= 15 is 0 Å². The first-order valence-electron chi connectivity index (χ1n) is 7.55. The number of methoxy groups -OCH3 is 2. The number of carbonyl (C=O) groups excluding carboxylic acids is 1. The van der Waals surface area contributed by atoms with Gasteiger partial charge < -0.3 is 19.1 Å². The fraction of sp³-hybridized carbons (Fsp3) is 0.278. The second-order valence-electron chi connectivity index (χ2n) is 5.45. The standard InChI is InChI=1S/C18H18F3NO4/c1-22(11-12-4-6-14(7-5-12)26-18(19,20)21)17(23)13-8-15(24-2)10-16(9-13)25-3/h4-10H,11H2,1-3H3. The van der Waals surface area contributed by atoms with Crippen LogP contribution in [0.15, 0.2) is 42.5 Å². The molecular weight excluding hydrogens is 351 g/mol. The summed E-state index contributed by atoms with van der Waals surface area (Å²) in [7, 11) is 4.56. The van der Waals surface area contributed by atoms with E-state index in [1.807, 2.05) is 0 Å². The second kappa shape index (κ2) is 7.99. The molecule has 0 spiro atoms. The number of benzene rings is 2. The van der Waals surface area contributed by atoms with Crippen molar-refractivity contribution in [1.29, 1.82) is 0 Å². The zero-order valence-electron chi connectivity index (χ0n) is 14.5. The molecule has 0 heterocycles. The van der Waals surface area contributed by atoms with Crippen LogP contribution in [0.1, 0.15) is 15.9 Å². The lowest BCUT2D eigenvalue weighted by Gasteiger charge is -2.18. The summed E-state index contributed by atoms with van der Waals surface area (Å²) in [6.07, 6.45) is -4.74. The maximum absolute atomic E-state index is 12.6. The minimum absolute atomic E-state index is 0.213. The minimum Gasteiger partial charge on any atom is -0.497 e. The minimum atomic E-state index is -4.74. The fourth-order valence-electron chi connectivity index (χ4n) is 2.29. The number of amides is 1. The van der Waals surface area contributed by atoms with Crippen molar-refractivity contribution in [2.24, 2.45) is 0 Å². The molecule has 0 fully saturated rings. The summed E-state index contributed by atoms with van der Waals surface area (Å²) < 4.78 is 50.6. The Labute approximate surface area is 148 Å². The molecule has 26 heavy (non-hydrogen) atoms. The number of hydrogen-bond donors (Lipinski definition) is 0. The van der Waals surface area contributed by atoms with Crippen molar-refractivity contribution < 1.29 is 32.2 Å². The topological polar surface area (TPSA) is 48.0 Å². The Morgan fingerprint density at radius 2 is 1.50 bits per heavy atom. The summed E-state index contributed by atoms with van der Waals surface area (Å²) in [5.41, 5.74) is 1.03. The number of carbonyl (C=O) groups is 1. The SMILES string of the molecule is COc1cc(OC)cc(C(=O)N(C)Cc2ccc(OC(F)(F)F)cc2)c1. The number of halogens is 3. The van der Waals surface area contributed by atoms with Gasteiger partial charge in [0.2, 0.25) is 0 Å². The van der Waals surface area contributed by atoms with Crippen LogP contribution >= 0.6 is 0 Å². The van der Waals surface area contributed by atoms with Crippen LogP contribution in [-0.4, -0.2) is 38.4 Å². The fourth-order valence-corrected chi connectivity index (χ4v) is 2.29. The molecule has 5 nitrogen and oxygen atoms in total. The summed E-state index contributed by atoms with van der Waals surface area (Å²) in [5, 5.41) is 0. The zero-order valence-corrected chi connectivity index (χ0v) is 14.5. The lowest BCUT2D eigenvalue weighted by molar-refractivity contribution is -0.274. The normalized spacial score (nSPS) is 11.0. The smallest absolute Gasteiger partial charge is 0.497 e. The van der Waals surface area contributed by atoms with Crippen LogP contribution in [-0.2, 0) is 6.54 Å². The van der Waals surface area contributed by atoms with Crippen LogP contribution < -0.4 is 14.2 Å². The molecule has 0 aliphatic heterocycles. The lowest BCUT2D eigenvalue weighted by Crippen LogP contribution is -2.26. The van der Waals surface area contributed by atoms with Gasteiger partial charge in [0.05, 0.1) is 14.2 Å². The maximum Gasteiger partial charge on any atom is 0.573 e. The number of ether oxygens (including phenoxy) is 3. The molecule has 0 unspecified atom stereocenters. The second-order valence-corrected chi connectivity index (χ2v) is 5.45. The van der Waals surface area contributed by atoms with Crippen molar-refractivity contribution in [3.63, 3.8) is 0 Å². The molecule has 0 aromatic heterocycles. The van der Waals surface area contributed by atoms with Gasteiger partial charge in [-0.05, 0) is 29.8 Å².